The number of carboxylic acid groups (broad SMARTS) is 1. The first-order chi connectivity index (χ1) is 7.65. The molecule has 90 valence electrons. The third-order valence-electron chi connectivity index (χ3n) is 2.11. The van der Waals surface area contributed by atoms with E-state index < -0.39 is 5.97 Å². The first-order valence-electron chi connectivity index (χ1n) is 5.15. The summed E-state index contributed by atoms with van der Waals surface area (Å²) in [5.74, 6) is -0.782. The van der Waals surface area contributed by atoms with Crippen LogP contribution in [0.25, 0.3) is 0 Å². The second-order valence-corrected chi connectivity index (χ2v) is 3.31. The van der Waals surface area contributed by atoms with E-state index in [-0.39, 0.29) is 19.1 Å². The molecule has 1 rings (SSSR count). The van der Waals surface area contributed by atoms with Crippen LogP contribution in [-0.2, 0) is 0 Å². The van der Waals surface area contributed by atoms with Gasteiger partial charge in [-0.2, -0.15) is 0 Å². The highest BCUT2D eigenvalue weighted by atomic mass is 16.4. The molecule has 16 heavy (non-hydrogen) atoms. The van der Waals surface area contributed by atoms with Crippen LogP contribution in [0.2, 0.25) is 0 Å². The van der Waals surface area contributed by atoms with Crippen molar-refractivity contribution in [1.82, 2.24) is 0 Å². The smallest absolute Gasteiger partial charge is 0.335 e. The molecule has 4 heteroatoms. The number of carboxylic acids is 1. The molecule has 1 aromatic carbocycles. The molecule has 0 spiro atoms. The maximum Gasteiger partial charge on any atom is 0.335 e. The molecule has 4 nitrogen and oxygen atoms in total. The van der Waals surface area contributed by atoms with Crippen molar-refractivity contribution in [1.29, 1.82) is 0 Å². The summed E-state index contributed by atoms with van der Waals surface area (Å²) in [7, 11) is 0. The Morgan fingerprint density at radius 1 is 1.19 bits per heavy atom. The standard InChI is InChI=1S/C7H6O2.C5H12O2/c8-7(9)6-4-2-1-3-5-6;1-2-5(3-6)4-7/h1-5H,(H,8,9);5-7H,2-4H2,1H3. The molecule has 0 radical (unpaired) electrons. The van der Waals surface area contributed by atoms with Gasteiger partial charge in [-0.15, -0.1) is 0 Å². The minimum atomic E-state index is -0.879. The van der Waals surface area contributed by atoms with E-state index in [4.69, 9.17) is 15.3 Å². The number of aliphatic hydroxyl groups is 2. The quantitative estimate of drug-likeness (QED) is 0.724. The Balaban J connectivity index is 0.000000293. The molecule has 0 bridgehead atoms. The molecule has 3 N–H and O–H groups in total. The number of aromatic carboxylic acids is 1. The molecule has 0 aliphatic carbocycles. The van der Waals surface area contributed by atoms with Gasteiger partial charge in [0.05, 0.1) is 5.56 Å². The van der Waals surface area contributed by atoms with E-state index in [9.17, 15) is 4.79 Å². The second-order valence-electron chi connectivity index (χ2n) is 3.31. The summed E-state index contributed by atoms with van der Waals surface area (Å²) in [6.07, 6.45) is 0.854. The number of carbonyl (C=O) groups is 1. The number of aliphatic hydroxyl groups excluding tert-OH is 2. The van der Waals surface area contributed by atoms with Crippen LogP contribution in [0.4, 0.5) is 0 Å². The maximum atomic E-state index is 10.2. The topological polar surface area (TPSA) is 77.8 Å². The Bertz CT molecular complexity index is 275. The van der Waals surface area contributed by atoms with Crippen LogP contribution in [0.5, 0.6) is 0 Å². The molecule has 0 aliphatic heterocycles. The molecule has 0 aromatic heterocycles. The van der Waals surface area contributed by atoms with Gasteiger partial charge in [0.25, 0.3) is 0 Å². The van der Waals surface area contributed by atoms with Crippen molar-refractivity contribution in [2.24, 2.45) is 5.92 Å². The number of benzene rings is 1. The normalized spacial score (nSPS) is 9.50. The van der Waals surface area contributed by atoms with E-state index >= 15 is 0 Å². The Morgan fingerprint density at radius 2 is 1.69 bits per heavy atom. The van der Waals surface area contributed by atoms with Crippen LogP contribution in [-0.4, -0.2) is 34.5 Å². The fourth-order valence-corrected chi connectivity index (χ4v) is 0.897. The van der Waals surface area contributed by atoms with Gasteiger partial charge in [-0.3, -0.25) is 0 Å². The molecule has 0 saturated heterocycles. The van der Waals surface area contributed by atoms with Crippen LogP contribution in [0.15, 0.2) is 30.3 Å². The zero-order valence-electron chi connectivity index (χ0n) is 9.34. The zero-order valence-corrected chi connectivity index (χ0v) is 9.34. The highest BCUT2D eigenvalue weighted by Crippen LogP contribution is 1.97. The second kappa shape index (κ2) is 8.88. The van der Waals surface area contributed by atoms with Gasteiger partial charge >= 0.3 is 5.97 Å². The van der Waals surface area contributed by atoms with Crippen molar-refractivity contribution in [3.63, 3.8) is 0 Å². The molecule has 1 aromatic rings. The van der Waals surface area contributed by atoms with Gasteiger partial charge in [-0.25, -0.2) is 4.79 Å². The minimum Gasteiger partial charge on any atom is -0.478 e. The summed E-state index contributed by atoms with van der Waals surface area (Å²) in [4.78, 5) is 10.2. The lowest BCUT2D eigenvalue weighted by atomic mass is 10.1. The summed E-state index contributed by atoms with van der Waals surface area (Å²) < 4.78 is 0. The van der Waals surface area contributed by atoms with E-state index in [0.29, 0.717) is 5.56 Å². The summed E-state index contributed by atoms with van der Waals surface area (Å²) in [5, 5.41) is 25.1. The van der Waals surface area contributed by atoms with Crippen LogP contribution in [0.1, 0.15) is 23.7 Å². The lowest BCUT2D eigenvalue weighted by Crippen LogP contribution is -2.08. The SMILES string of the molecule is CCC(CO)CO.O=C(O)c1ccccc1. The highest BCUT2D eigenvalue weighted by molar-refractivity contribution is 5.87. The Hall–Kier alpha value is -1.39. The molecule has 0 aliphatic rings. The largest absolute Gasteiger partial charge is 0.478 e. The fourth-order valence-electron chi connectivity index (χ4n) is 0.897. The molecule has 0 atom stereocenters. The predicted octanol–water partition coefficient (Wildman–Crippen LogP) is 1.38. The first-order valence-corrected chi connectivity index (χ1v) is 5.15. The van der Waals surface area contributed by atoms with Gasteiger partial charge in [0, 0.05) is 19.1 Å². The molecule has 0 unspecified atom stereocenters. The van der Waals surface area contributed by atoms with Crippen molar-refractivity contribution in [3.8, 4) is 0 Å². The van der Waals surface area contributed by atoms with Gasteiger partial charge in [0.15, 0.2) is 0 Å². The minimum absolute atomic E-state index is 0.0972. The van der Waals surface area contributed by atoms with E-state index in [1.165, 1.54) is 0 Å². The monoisotopic (exact) mass is 226 g/mol. The van der Waals surface area contributed by atoms with Gasteiger partial charge in [-0.1, -0.05) is 25.1 Å². The molecule has 0 saturated carbocycles. The lowest BCUT2D eigenvalue weighted by Gasteiger charge is -2.03. The maximum absolute atomic E-state index is 10.2. The average Bonchev–Trinajstić information content (AvgIpc) is 2.33. The third kappa shape index (κ3) is 6.16. The predicted molar refractivity (Wildman–Crippen MR) is 61.4 cm³/mol. The van der Waals surface area contributed by atoms with E-state index in [1.807, 2.05) is 6.92 Å². The first kappa shape index (κ1) is 14.6. The van der Waals surface area contributed by atoms with Crippen molar-refractivity contribution < 1.29 is 20.1 Å². The third-order valence-corrected chi connectivity index (χ3v) is 2.11. The summed E-state index contributed by atoms with van der Waals surface area (Å²) in [6.45, 7) is 2.15. The zero-order chi connectivity index (χ0) is 12.4. The van der Waals surface area contributed by atoms with Crippen LogP contribution in [0, 0.1) is 5.92 Å². The number of rotatable bonds is 4. The summed E-state index contributed by atoms with van der Waals surface area (Å²) in [5.41, 5.74) is 0.331. The van der Waals surface area contributed by atoms with E-state index in [0.717, 1.165) is 6.42 Å². The Labute approximate surface area is 95.2 Å². The van der Waals surface area contributed by atoms with Crippen molar-refractivity contribution >= 4 is 5.97 Å². The molecule has 0 heterocycles. The van der Waals surface area contributed by atoms with Gasteiger partial charge in [0.1, 0.15) is 0 Å². The van der Waals surface area contributed by atoms with Crippen LogP contribution >= 0.6 is 0 Å². The van der Waals surface area contributed by atoms with E-state index in [1.54, 1.807) is 30.3 Å². The summed E-state index contributed by atoms with van der Waals surface area (Å²) >= 11 is 0. The van der Waals surface area contributed by atoms with Gasteiger partial charge < -0.3 is 15.3 Å². The highest BCUT2D eigenvalue weighted by Gasteiger charge is 1.98. The van der Waals surface area contributed by atoms with E-state index in [2.05, 4.69) is 0 Å². The molecular weight excluding hydrogens is 208 g/mol. The molecule has 0 amide bonds. The van der Waals surface area contributed by atoms with Crippen molar-refractivity contribution in [2.45, 2.75) is 13.3 Å². The number of hydrogen-bond donors (Lipinski definition) is 3. The number of hydrogen-bond acceptors (Lipinski definition) is 3. The van der Waals surface area contributed by atoms with Gasteiger partial charge in [0.2, 0.25) is 0 Å². The summed E-state index contributed by atoms with van der Waals surface area (Å²) in [6, 6.07) is 8.30. The van der Waals surface area contributed by atoms with Crippen LogP contribution in [0.3, 0.4) is 0 Å². The Morgan fingerprint density at radius 3 is 1.88 bits per heavy atom. The molecule has 0 fully saturated rings. The fraction of sp³-hybridized carbons (Fsp3) is 0.417. The lowest BCUT2D eigenvalue weighted by molar-refractivity contribution is 0.0697. The van der Waals surface area contributed by atoms with Crippen LogP contribution < -0.4 is 0 Å². The van der Waals surface area contributed by atoms with Crippen molar-refractivity contribution in [3.05, 3.63) is 35.9 Å². The Kier molecular flexibility index (Phi) is 8.11. The molecular formula is C12H18O4. The van der Waals surface area contributed by atoms with Crippen molar-refractivity contribution in [2.75, 3.05) is 13.2 Å². The van der Waals surface area contributed by atoms with Gasteiger partial charge in [-0.05, 0) is 18.6 Å². The average molecular weight is 226 g/mol.